The molecule has 9 heteroatoms. The zero-order valence-electron chi connectivity index (χ0n) is 24.1. The van der Waals surface area contributed by atoms with Crippen LogP contribution in [0, 0.1) is 19.7 Å². The van der Waals surface area contributed by atoms with Crippen LogP contribution in [-0.2, 0) is 31.7 Å². The molecule has 0 spiro atoms. The van der Waals surface area contributed by atoms with E-state index in [-0.39, 0.29) is 11.9 Å². The quantitative estimate of drug-likeness (QED) is 0.287. The first-order chi connectivity index (χ1) is 18.3. The van der Waals surface area contributed by atoms with E-state index in [4.69, 9.17) is 14.6 Å². The van der Waals surface area contributed by atoms with E-state index in [0.717, 1.165) is 44.7 Å². The SMILES string of the molecule is Cc1nn(C)c(C)c1CCOc1cc(F)ccc1-c1ccc2c(c1)c(CCN(C)C(=O)OC(C)(C)C)nn2C. The number of aryl methyl sites for hydroxylation is 3. The van der Waals surface area contributed by atoms with E-state index in [2.05, 4.69) is 11.2 Å². The maximum absolute atomic E-state index is 14.3. The van der Waals surface area contributed by atoms with Crippen molar-refractivity contribution in [3.8, 4) is 16.9 Å². The third kappa shape index (κ3) is 6.41. The number of amides is 1. The minimum absolute atomic E-state index is 0.351. The topological polar surface area (TPSA) is 74.4 Å². The molecule has 4 rings (SSSR count). The predicted molar refractivity (Wildman–Crippen MR) is 151 cm³/mol. The maximum Gasteiger partial charge on any atom is 0.410 e. The number of halogens is 1. The number of rotatable bonds is 8. The molecule has 0 aliphatic rings. The standard InChI is InChI=1S/C30H38FN5O3/c1-19-23(20(2)35(7)32-19)14-16-38-28-18-22(31)10-11-24(28)21-9-12-27-25(17-21)26(33-36(27)8)13-15-34(6)29(37)39-30(3,4)5/h9-12,17-18H,13-16H2,1-8H3. The van der Waals surface area contributed by atoms with Gasteiger partial charge in [0.15, 0.2) is 0 Å². The monoisotopic (exact) mass is 535 g/mol. The van der Waals surface area contributed by atoms with Crippen LogP contribution < -0.4 is 4.74 Å². The molecule has 2 aromatic heterocycles. The maximum atomic E-state index is 14.3. The van der Waals surface area contributed by atoms with Crippen LogP contribution in [0.2, 0.25) is 0 Å². The number of carbonyl (C=O) groups excluding carboxylic acids is 1. The summed E-state index contributed by atoms with van der Waals surface area (Å²) in [5, 5.41) is 10.2. The molecule has 39 heavy (non-hydrogen) atoms. The first-order valence-corrected chi connectivity index (χ1v) is 13.2. The average Bonchev–Trinajstić information content (AvgIpc) is 3.30. The van der Waals surface area contributed by atoms with Gasteiger partial charge in [0.05, 0.1) is 23.5 Å². The minimum atomic E-state index is -0.553. The first-order valence-electron chi connectivity index (χ1n) is 13.2. The van der Waals surface area contributed by atoms with Crippen LogP contribution in [0.1, 0.15) is 43.4 Å². The smallest absolute Gasteiger partial charge is 0.410 e. The Morgan fingerprint density at radius 2 is 1.77 bits per heavy atom. The highest BCUT2D eigenvalue weighted by Gasteiger charge is 2.20. The Morgan fingerprint density at radius 3 is 2.44 bits per heavy atom. The van der Waals surface area contributed by atoms with Gasteiger partial charge in [-0.15, -0.1) is 0 Å². The number of nitrogens with zero attached hydrogens (tertiary/aromatic N) is 5. The fourth-order valence-electron chi connectivity index (χ4n) is 4.69. The average molecular weight is 536 g/mol. The van der Waals surface area contributed by atoms with Gasteiger partial charge in [0, 0.05) is 63.2 Å². The van der Waals surface area contributed by atoms with Gasteiger partial charge >= 0.3 is 6.09 Å². The summed E-state index contributed by atoms with van der Waals surface area (Å²) in [7, 11) is 5.55. The molecule has 208 valence electrons. The third-order valence-corrected chi connectivity index (χ3v) is 6.84. The Labute approximate surface area is 229 Å². The van der Waals surface area contributed by atoms with Crippen molar-refractivity contribution < 1.29 is 18.7 Å². The molecule has 2 heterocycles. The fraction of sp³-hybridized carbons (Fsp3) is 0.433. The highest BCUT2D eigenvalue weighted by molar-refractivity contribution is 5.88. The Kier molecular flexibility index (Phi) is 7.99. The molecule has 0 saturated carbocycles. The summed E-state index contributed by atoms with van der Waals surface area (Å²) in [5.41, 5.74) is 6.22. The molecule has 0 radical (unpaired) electrons. The molecule has 0 fully saturated rings. The third-order valence-electron chi connectivity index (χ3n) is 6.84. The molecule has 0 aliphatic heterocycles. The normalized spacial score (nSPS) is 11.7. The second-order valence-electron chi connectivity index (χ2n) is 11.0. The Hall–Kier alpha value is -3.88. The number of benzene rings is 2. The van der Waals surface area contributed by atoms with Gasteiger partial charge in [-0.2, -0.15) is 10.2 Å². The van der Waals surface area contributed by atoms with Crippen LogP contribution in [0.25, 0.3) is 22.0 Å². The van der Waals surface area contributed by atoms with Gasteiger partial charge in [0.1, 0.15) is 17.2 Å². The van der Waals surface area contributed by atoms with Crippen molar-refractivity contribution in [3.05, 3.63) is 64.9 Å². The lowest BCUT2D eigenvalue weighted by atomic mass is 10.0. The van der Waals surface area contributed by atoms with Crippen LogP contribution in [0.5, 0.6) is 5.75 Å². The minimum Gasteiger partial charge on any atom is -0.492 e. The number of carbonyl (C=O) groups is 1. The number of fused-ring (bicyclic) bond motifs is 1. The molecule has 0 aliphatic carbocycles. The molecule has 0 bridgehead atoms. The van der Waals surface area contributed by atoms with Gasteiger partial charge in [-0.1, -0.05) is 6.07 Å². The summed E-state index contributed by atoms with van der Waals surface area (Å²) in [5.74, 6) is 0.138. The molecule has 4 aromatic rings. The van der Waals surface area contributed by atoms with Crippen molar-refractivity contribution in [2.75, 3.05) is 20.2 Å². The molecule has 0 atom stereocenters. The predicted octanol–water partition coefficient (Wildman–Crippen LogP) is 5.76. The Bertz CT molecular complexity index is 1500. The zero-order chi connectivity index (χ0) is 28.5. The van der Waals surface area contributed by atoms with E-state index in [1.54, 1.807) is 18.0 Å². The summed E-state index contributed by atoms with van der Waals surface area (Å²) >= 11 is 0. The van der Waals surface area contributed by atoms with E-state index >= 15 is 0 Å². The highest BCUT2D eigenvalue weighted by Crippen LogP contribution is 2.34. The summed E-state index contributed by atoms with van der Waals surface area (Å²) in [6, 6.07) is 10.7. The second-order valence-corrected chi connectivity index (χ2v) is 11.0. The lowest BCUT2D eigenvalue weighted by molar-refractivity contribution is 0.0300. The highest BCUT2D eigenvalue weighted by atomic mass is 19.1. The zero-order valence-corrected chi connectivity index (χ0v) is 24.1. The van der Waals surface area contributed by atoms with Crippen LogP contribution in [0.15, 0.2) is 36.4 Å². The molecule has 0 saturated heterocycles. The molecule has 0 N–H and O–H groups in total. The molecular weight excluding hydrogens is 497 g/mol. The summed E-state index contributed by atoms with van der Waals surface area (Å²) in [6.07, 6.45) is 0.874. The number of hydrogen-bond donors (Lipinski definition) is 0. The lowest BCUT2D eigenvalue weighted by Crippen LogP contribution is -2.35. The van der Waals surface area contributed by atoms with Crippen molar-refractivity contribution in [1.29, 1.82) is 0 Å². The van der Waals surface area contributed by atoms with Crippen molar-refractivity contribution in [1.82, 2.24) is 24.5 Å². The Balaban J connectivity index is 1.56. The summed E-state index contributed by atoms with van der Waals surface area (Å²) in [4.78, 5) is 14.0. The first kappa shape index (κ1) is 28.1. The van der Waals surface area contributed by atoms with E-state index in [1.165, 1.54) is 12.1 Å². The van der Waals surface area contributed by atoms with Gasteiger partial charge in [-0.3, -0.25) is 9.36 Å². The van der Waals surface area contributed by atoms with Crippen LogP contribution in [-0.4, -0.2) is 56.4 Å². The van der Waals surface area contributed by atoms with Crippen molar-refractivity contribution in [3.63, 3.8) is 0 Å². The summed E-state index contributed by atoms with van der Waals surface area (Å²) in [6.45, 7) is 10.4. The van der Waals surface area contributed by atoms with Crippen molar-refractivity contribution >= 4 is 17.0 Å². The van der Waals surface area contributed by atoms with E-state index in [1.807, 2.05) is 70.2 Å². The van der Waals surface area contributed by atoms with Gasteiger partial charge in [-0.05, 0) is 70.0 Å². The fourth-order valence-corrected chi connectivity index (χ4v) is 4.69. The number of aromatic nitrogens is 4. The van der Waals surface area contributed by atoms with Crippen LogP contribution in [0.4, 0.5) is 9.18 Å². The van der Waals surface area contributed by atoms with Crippen molar-refractivity contribution in [2.24, 2.45) is 14.1 Å². The van der Waals surface area contributed by atoms with Crippen LogP contribution >= 0.6 is 0 Å². The van der Waals surface area contributed by atoms with Crippen LogP contribution in [0.3, 0.4) is 0 Å². The lowest BCUT2D eigenvalue weighted by Gasteiger charge is -2.24. The largest absolute Gasteiger partial charge is 0.492 e. The van der Waals surface area contributed by atoms with Gasteiger partial charge in [0.25, 0.3) is 0 Å². The van der Waals surface area contributed by atoms with Gasteiger partial charge in [-0.25, -0.2) is 9.18 Å². The molecular formula is C30H38FN5O3. The number of likely N-dealkylation sites (N-methyl/N-ethyl adjacent to an activating group) is 1. The second kappa shape index (κ2) is 11.1. The number of ether oxygens (including phenoxy) is 2. The summed E-state index contributed by atoms with van der Waals surface area (Å²) < 4.78 is 29.6. The van der Waals surface area contributed by atoms with Gasteiger partial charge in [0.2, 0.25) is 0 Å². The van der Waals surface area contributed by atoms with Crippen molar-refractivity contribution in [2.45, 2.75) is 53.1 Å². The van der Waals surface area contributed by atoms with E-state index in [0.29, 0.717) is 31.7 Å². The van der Waals surface area contributed by atoms with E-state index in [9.17, 15) is 9.18 Å². The molecule has 1 amide bonds. The Morgan fingerprint density at radius 1 is 1.03 bits per heavy atom. The molecule has 8 nitrogen and oxygen atoms in total. The van der Waals surface area contributed by atoms with Gasteiger partial charge < -0.3 is 14.4 Å². The molecule has 2 aromatic carbocycles. The van der Waals surface area contributed by atoms with E-state index < -0.39 is 5.60 Å². The number of hydrogen-bond acceptors (Lipinski definition) is 5. The molecule has 0 unspecified atom stereocenters.